The van der Waals surface area contributed by atoms with Gasteiger partial charge in [-0.15, -0.1) is 0 Å². The van der Waals surface area contributed by atoms with Crippen LogP contribution in [0.1, 0.15) is 168 Å². The van der Waals surface area contributed by atoms with Gasteiger partial charge in [0, 0.05) is 13.0 Å². The molecular weight excluding hydrogens is 830 g/mol. The summed E-state index contributed by atoms with van der Waals surface area (Å²) in [5.41, 5.74) is 0. The summed E-state index contributed by atoms with van der Waals surface area (Å²) in [4.78, 5) is 23.0. The molecule has 2 unspecified atom stereocenters. The minimum atomic E-state index is -4.30. The van der Waals surface area contributed by atoms with E-state index in [4.69, 9.17) is 18.5 Å². The maximum Gasteiger partial charge on any atom is 0.472 e. The number of allylic oxidation sites excluding steroid dienone is 20. The van der Waals surface area contributed by atoms with Crippen LogP contribution in [0, 0.1) is 0 Å². The van der Waals surface area contributed by atoms with E-state index in [1.807, 2.05) is 21.1 Å². The van der Waals surface area contributed by atoms with E-state index in [0.29, 0.717) is 24.1 Å². The Kier molecular flexibility index (Phi) is 45.1. The zero-order chi connectivity index (χ0) is 47.6. The fourth-order valence-electron chi connectivity index (χ4n) is 6.19. The molecule has 0 aliphatic heterocycles. The number of esters is 1. The first kappa shape index (κ1) is 61.9. The highest BCUT2D eigenvalue weighted by atomic mass is 31.2. The molecule has 1 N–H and O–H groups in total. The van der Waals surface area contributed by atoms with Crippen molar-refractivity contribution in [3.63, 3.8) is 0 Å². The van der Waals surface area contributed by atoms with Gasteiger partial charge in [0.1, 0.15) is 19.3 Å². The first-order chi connectivity index (χ1) is 31.6. The molecule has 0 radical (unpaired) electrons. The number of unbranched alkanes of at least 4 members (excludes halogenated alkanes) is 11. The SMILES string of the molecule is CC/C=C\C/C=C\C/C=C\C/C=C\C/C=C\CCCCCCCCCCCC(=O)OC(COCCCC/C=C\C/C=C\C/C=C\C/C=C\C/C=C\CC)COP(=O)(O)OCC[N+](C)(C)C. The zero-order valence-electron chi connectivity index (χ0n) is 41.9. The summed E-state index contributed by atoms with van der Waals surface area (Å²) in [7, 11) is 1.61. The number of nitrogens with zero attached hydrogens (tertiary/aromatic N) is 1. The summed E-state index contributed by atoms with van der Waals surface area (Å²) in [5, 5.41) is 0. The van der Waals surface area contributed by atoms with E-state index in [9.17, 15) is 14.3 Å². The van der Waals surface area contributed by atoms with Crippen LogP contribution in [0.2, 0.25) is 0 Å². The van der Waals surface area contributed by atoms with Crippen LogP contribution >= 0.6 is 7.82 Å². The molecular formula is C56H95NO7P+. The molecule has 8 nitrogen and oxygen atoms in total. The summed E-state index contributed by atoms with van der Waals surface area (Å²) in [6, 6.07) is 0. The second-order valence-corrected chi connectivity index (χ2v) is 18.9. The van der Waals surface area contributed by atoms with Gasteiger partial charge in [0.2, 0.25) is 0 Å². The summed E-state index contributed by atoms with van der Waals surface area (Å²) in [5.74, 6) is -0.341. The van der Waals surface area contributed by atoms with Crippen LogP contribution in [0.5, 0.6) is 0 Å². The normalized spacial score (nSPS) is 14.6. The van der Waals surface area contributed by atoms with E-state index in [0.717, 1.165) is 109 Å². The van der Waals surface area contributed by atoms with Crippen LogP contribution < -0.4 is 0 Å². The smallest absolute Gasteiger partial charge is 0.457 e. The quantitative estimate of drug-likeness (QED) is 0.0214. The van der Waals surface area contributed by atoms with Crippen molar-refractivity contribution < 1.29 is 37.3 Å². The molecule has 0 aliphatic rings. The molecule has 0 aromatic carbocycles. The minimum absolute atomic E-state index is 0.0714. The molecule has 0 heterocycles. The second-order valence-electron chi connectivity index (χ2n) is 17.4. The molecule has 65 heavy (non-hydrogen) atoms. The number of hydrogen-bond donors (Lipinski definition) is 1. The van der Waals surface area contributed by atoms with Crippen molar-refractivity contribution in [1.29, 1.82) is 0 Å². The van der Waals surface area contributed by atoms with Crippen LogP contribution in [0.3, 0.4) is 0 Å². The molecule has 0 rings (SSSR count). The fourth-order valence-corrected chi connectivity index (χ4v) is 6.93. The van der Waals surface area contributed by atoms with E-state index >= 15 is 0 Å². The Labute approximate surface area is 399 Å². The van der Waals surface area contributed by atoms with Crippen molar-refractivity contribution in [1.82, 2.24) is 0 Å². The number of ether oxygens (including phenoxy) is 2. The topological polar surface area (TPSA) is 91.3 Å². The molecule has 0 aliphatic carbocycles. The van der Waals surface area contributed by atoms with Crippen LogP contribution in [0.15, 0.2) is 122 Å². The van der Waals surface area contributed by atoms with Gasteiger partial charge in [-0.25, -0.2) is 4.57 Å². The molecule has 370 valence electrons. The van der Waals surface area contributed by atoms with Crippen molar-refractivity contribution in [2.75, 3.05) is 54.1 Å². The number of carbonyl (C=O) groups excluding carboxylic acids is 1. The van der Waals surface area contributed by atoms with E-state index < -0.39 is 13.9 Å². The third-order valence-electron chi connectivity index (χ3n) is 10.0. The highest BCUT2D eigenvalue weighted by Gasteiger charge is 2.26. The van der Waals surface area contributed by atoms with E-state index in [-0.39, 0.29) is 25.8 Å². The Hall–Kier alpha value is -3.10. The summed E-state index contributed by atoms with van der Waals surface area (Å²) in [6.07, 6.45) is 68.2. The number of hydrogen-bond acceptors (Lipinski definition) is 6. The maximum absolute atomic E-state index is 12.8. The lowest BCUT2D eigenvalue weighted by atomic mass is 10.1. The average Bonchev–Trinajstić information content (AvgIpc) is 3.27. The first-order valence-electron chi connectivity index (χ1n) is 25.3. The molecule has 0 saturated carbocycles. The molecule has 0 spiro atoms. The lowest BCUT2D eigenvalue weighted by molar-refractivity contribution is -0.870. The number of carbonyl (C=O) groups is 1. The third kappa shape index (κ3) is 51.7. The van der Waals surface area contributed by atoms with Crippen LogP contribution in [-0.4, -0.2) is 75.6 Å². The molecule has 0 amide bonds. The van der Waals surface area contributed by atoms with E-state index in [1.165, 1.54) is 38.5 Å². The van der Waals surface area contributed by atoms with Crippen molar-refractivity contribution in [3.8, 4) is 0 Å². The highest BCUT2D eigenvalue weighted by Crippen LogP contribution is 2.43. The largest absolute Gasteiger partial charge is 0.472 e. The Bertz CT molecular complexity index is 1450. The molecule has 9 heteroatoms. The molecule has 0 aromatic heterocycles. The lowest BCUT2D eigenvalue weighted by Gasteiger charge is -2.24. The van der Waals surface area contributed by atoms with Gasteiger partial charge in [-0.1, -0.05) is 180 Å². The number of phosphoric acid groups is 1. The molecule has 0 bridgehead atoms. The molecule has 0 fully saturated rings. The maximum atomic E-state index is 12.8. The number of quaternary nitrogens is 1. The van der Waals surface area contributed by atoms with Gasteiger partial charge >= 0.3 is 13.8 Å². The van der Waals surface area contributed by atoms with Crippen LogP contribution in [0.4, 0.5) is 0 Å². The van der Waals surface area contributed by atoms with Crippen molar-refractivity contribution in [3.05, 3.63) is 122 Å². The Morgan fingerprint density at radius 1 is 0.477 bits per heavy atom. The zero-order valence-corrected chi connectivity index (χ0v) is 42.8. The van der Waals surface area contributed by atoms with E-state index in [2.05, 4.69) is 135 Å². The molecule has 2 atom stereocenters. The van der Waals surface area contributed by atoms with Gasteiger partial charge in [-0.2, -0.15) is 0 Å². The van der Waals surface area contributed by atoms with Crippen LogP contribution in [-0.2, 0) is 27.9 Å². The minimum Gasteiger partial charge on any atom is -0.457 e. The van der Waals surface area contributed by atoms with Crippen molar-refractivity contribution >= 4 is 13.8 Å². The standard InChI is InChI=1S/C56H94NO7P/c1-6-8-10-12-14-16-18-20-22-24-26-27-28-29-30-31-32-33-35-37-39-41-43-45-47-49-56(58)64-55(54-63-65(59,60)62-52-50-57(3,4)5)53-61-51-48-46-44-42-40-38-36-34-25-23-21-19-17-15-13-11-9-7-2/h8-11,14-17,20-23,26-27,29-30,34,36,40,42,55H,6-7,12-13,18-19,24-25,28,31-33,35,37-39,41,43-54H2,1-5H3/p+1/b10-8-,11-9-,16-14-,17-15-,22-20-,23-21-,27-26-,30-29-,36-34-,42-40-. The number of rotatable bonds is 45. The number of phosphoric ester groups is 1. The van der Waals surface area contributed by atoms with Gasteiger partial charge in [0.25, 0.3) is 0 Å². The Morgan fingerprint density at radius 3 is 1.26 bits per heavy atom. The van der Waals surface area contributed by atoms with E-state index in [1.54, 1.807) is 0 Å². The van der Waals surface area contributed by atoms with Gasteiger partial charge in [0.05, 0.1) is 34.4 Å². The molecule has 0 saturated heterocycles. The predicted molar refractivity (Wildman–Crippen MR) is 279 cm³/mol. The van der Waals surface area contributed by atoms with Gasteiger partial charge in [0.15, 0.2) is 0 Å². The average molecular weight is 925 g/mol. The van der Waals surface area contributed by atoms with Crippen LogP contribution in [0.25, 0.3) is 0 Å². The monoisotopic (exact) mass is 925 g/mol. The lowest BCUT2D eigenvalue weighted by Crippen LogP contribution is -2.37. The van der Waals surface area contributed by atoms with Gasteiger partial charge in [-0.3, -0.25) is 13.8 Å². The summed E-state index contributed by atoms with van der Waals surface area (Å²) < 4.78 is 35.1. The first-order valence-corrected chi connectivity index (χ1v) is 26.8. The highest BCUT2D eigenvalue weighted by molar-refractivity contribution is 7.47. The van der Waals surface area contributed by atoms with Gasteiger partial charge < -0.3 is 18.9 Å². The van der Waals surface area contributed by atoms with Crippen molar-refractivity contribution in [2.45, 2.75) is 174 Å². The summed E-state index contributed by atoms with van der Waals surface area (Å²) in [6.45, 7) is 5.24. The Morgan fingerprint density at radius 2 is 0.846 bits per heavy atom. The number of likely N-dealkylation sites (N-methyl/N-ethyl adjacent to an activating group) is 1. The third-order valence-corrected chi connectivity index (χ3v) is 11.0. The predicted octanol–water partition coefficient (Wildman–Crippen LogP) is 15.7. The second kappa shape index (κ2) is 47.4. The van der Waals surface area contributed by atoms with Crippen molar-refractivity contribution in [2.24, 2.45) is 0 Å². The molecule has 0 aromatic rings. The fraction of sp³-hybridized carbons (Fsp3) is 0.625. The Balaban J connectivity index is 4.25. The van der Waals surface area contributed by atoms with Gasteiger partial charge in [-0.05, 0) is 103 Å². The summed E-state index contributed by atoms with van der Waals surface area (Å²) >= 11 is 0.